The molecule has 156 valence electrons. The van der Waals surface area contributed by atoms with Crippen molar-refractivity contribution >= 4 is 55.2 Å². The van der Waals surface area contributed by atoms with Gasteiger partial charge in [-0.3, -0.25) is 0 Å². The first-order valence-corrected chi connectivity index (χ1v) is 11.6. The van der Waals surface area contributed by atoms with Crippen LogP contribution in [0.15, 0.2) is 84.9 Å². The van der Waals surface area contributed by atoms with E-state index >= 15 is 0 Å². The van der Waals surface area contributed by atoms with Crippen LogP contribution in [0.1, 0.15) is 19.8 Å². The third-order valence-electron chi connectivity index (χ3n) is 7.13. The molecule has 0 bridgehead atoms. The molecule has 0 spiro atoms. The van der Waals surface area contributed by atoms with Gasteiger partial charge in [0.2, 0.25) is 0 Å². The highest BCUT2D eigenvalue weighted by atomic mass is 15.4. The van der Waals surface area contributed by atoms with Gasteiger partial charge in [-0.05, 0) is 36.8 Å². The second-order valence-electron chi connectivity index (χ2n) is 8.90. The summed E-state index contributed by atoms with van der Waals surface area (Å²) in [6.45, 7) is 4.27. The van der Waals surface area contributed by atoms with Crippen molar-refractivity contribution < 1.29 is 0 Å². The highest BCUT2D eigenvalue weighted by Gasteiger charge is 2.29. The Morgan fingerprint density at radius 2 is 1.34 bits per heavy atom. The van der Waals surface area contributed by atoms with E-state index in [0.717, 1.165) is 13.2 Å². The fourth-order valence-electron chi connectivity index (χ4n) is 5.70. The van der Waals surface area contributed by atoms with Crippen LogP contribution in [-0.4, -0.2) is 17.6 Å². The van der Waals surface area contributed by atoms with E-state index in [1.54, 1.807) is 0 Å². The predicted molar refractivity (Wildman–Crippen MR) is 137 cm³/mol. The molecule has 32 heavy (non-hydrogen) atoms. The minimum Gasteiger partial charge on any atom is -0.352 e. The minimum atomic E-state index is 0.903. The number of aromatic nitrogens is 1. The van der Waals surface area contributed by atoms with Gasteiger partial charge in [-0.1, -0.05) is 67.9 Å². The Hall–Kier alpha value is -3.72. The quantitative estimate of drug-likeness (QED) is 0.294. The Morgan fingerprint density at radius 1 is 0.656 bits per heavy atom. The molecule has 0 aliphatic carbocycles. The zero-order valence-electron chi connectivity index (χ0n) is 18.3. The summed E-state index contributed by atoms with van der Waals surface area (Å²) in [5.74, 6) is 0. The summed E-state index contributed by atoms with van der Waals surface area (Å²) in [7, 11) is 0. The summed E-state index contributed by atoms with van der Waals surface area (Å²) < 4.78 is 2.47. The molecule has 7 rings (SSSR count). The van der Waals surface area contributed by atoms with Crippen molar-refractivity contribution in [3.8, 4) is 0 Å². The first kappa shape index (κ1) is 17.9. The number of anilines is 3. The van der Waals surface area contributed by atoms with Crippen LogP contribution < -0.4 is 9.80 Å². The van der Waals surface area contributed by atoms with Crippen molar-refractivity contribution in [1.82, 2.24) is 4.40 Å². The Morgan fingerprint density at radius 3 is 2.16 bits per heavy atom. The normalized spacial score (nSPS) is 13.9. The average molecular weight is 416 g/mol. The lowest BCUT2D eigenvalue weighted by atomic mass is 10.1. The first-order valence-electron chi connectivity index (χ1n) is 11.6. The molecule has 3 nitrogen and oxygen atoms in total. The summed E-state index contributed by atoms with van der Waals surface area (Å²) >= 11 is 0. The van der Waals surface area contributed by atoms with Gasteiger partial charge >= 0.3 is 0 Å². The molecule has 4 aromatic carbocycles. The number of nitrogens with zero attached hydrogens (tertiary/aromatic N) is 3. The van der Waals surface area contributed by atoms with E-state index in [9.17, 15) is 0 Å². The number of benzene rings is 4. The maximum Gasteiger partial charge on any atom is 0.0953 e. The van der Waals surface area contributed by atoms with Crippen molar-refractivity contribution in [3.63, 3.8) is 0 Å². The lowest BCUT2D eigenvalue weighted by Gasteiger charge is -2.23. The molecule has 0 atom stereocenters. The monoisotopic (exact) mass is 415 g/mol. The van der Waals surface area contributed by atoms with Crippen LogP contribution in [0.4, 0.5) is 17.1 Å². The summed E-state index contributed by atoms with van der Waals surface area (Å²) in [6, 6.07) is 31.2. The first-order chi connectivity index (χ1) is 15.9. The SMILES string of the molecule is CCCCN1CN(c2ccc3c4ccccc4n4c5ccccc5c2c34)c2ccccc21. The maximum atomic E-state index is 2.53. The number of unbranched alkanes of at least 4 members (excludes halogenated alkanes) is 1. The lowest BCUT2D eigenvalue weighted by molar-refractivity contribution is 0.736. The third kappa shape index (κ3) is 2.26. The molecule has 2 aromatic heterocycles. The smallest absolute Gasteiger partial charge is 0.0953 e. The molecular weight excluding hydrogens is 390 g/mol. The molecule has 0 fully saturated rings. The van der Waals surface area contributed by atoms with Crippen molar-refractivity contribution in [1.29, 1.82) is 0 Å². The molecule has 3 heteroatoms. The summed E-state index contributed by atoms with van der Waals surface area (Å²) in [5.41, 5.74) is 7.88. The second kappa shape index (κ2) is 6.64. The third-order valence-corrected chi connectivity index (χ3v) is 7.13. The molecule has 0 saturated heterocycles. The molecule has 0 unspecified atom stereocenters. The van der Waals surface area contributed by atoms with Crippen LogP contribution in [0.5, 0.6) is 0 Å². The van der Waals surface area contributed by atoms with Crippen LogP contribution in [0.25, 0.3) is 38.1 Å². The summed E-state index contributed by atoms with van der Waals surface area (Å²) in [6.07, 6.45) is 2.43. The predicted octanol–water partition coefficient (Wildman–Crippen LogP) is 7.55. The molecule has 0 N–H and O–H groups in total. The Kier molecular flexibility index (Phi) is 3.71. The van der Waals surface area contributed by atoms with Gasteiger partial charge in [0, 0.05) is 28.1 Å². The Balaban J connectivity index is 1.55. The molecule has 0 amide bonds. The van der Waals surface area contributed by atoms with Gasteiger partial charge in [0.05, 0.1) is 40.3 Å². The standard InChI is InChI=1S/C29H25N3/c1-2-3-18-30-19-31(26-15-9-8-14-25(26)30)27-17-16-21-20-10-4-6-12-23(20)32-24-13-7-5-11-22(24)28(27)29(21)32/h4-17H,2-3,18-19H2,1H3. The average Bonchev–Trinajstić information content (AvgIpc) is 3.49. The minimum absolute atomic E-state index is 0.903. The van der Waals surface area contributed by atoms with Gasteiger partial charge in [0.25, 0.3) is 0 Å². The van der Waals surface area contributed by atoms with Gasteiger partial charge in [-0.15, -0.1) is 0 Å². The van der Waals surface area contributed by atoms with Gasteiger partial charge in [-0.25, -0.2) is 0 Å². The van der Waals surface area contributed by atoms with E-state index in [0.29, 0.717) is 0 Å². The largest absolute Gasteiger partial charge is 0.352 e. The molecule has 0 saturated carbocycles. The molecule has 6 aromatic rings. The number of hydrogen-bond donors (Lipinski definition) is 0. The summed E-state index contributed by atoms with van der Waals surface area (Å²) in [5, 5.41) is 5.36. The van der Waals surface area contributed by atoms with E-state index in [1.165, 1.54) is 68.0 Å². The van der Waals surface area contributed by atoms with Crippen LogP contribution in [0.2, 0.25) is 0 Å². The van der Waals surface area contributed by atoms with Gasteiger partial charge in [-0.2, -0.15) is 0 Å². The molecule has 0 radical (unpaired) electrons. The zero-order valence-corrected chi connectivity index (χ0v) is 18.3. The van der Waals surface area contributed by atoms with E-state index in [4.69, 9.17) is 0 Å². The van der Waals surface area contributed by atoms with Crippen LogP contribution >= 0.6 is 0 Å². The van der Waals surface area contributed by atoms with Crippen LogP contribution in [0.3, 0.4) is 0 Å². The molecule has 1 aliphatic rings. The highest BCUT2D eigenvalue weighted by Crippen LogP contribution is 2.48. The zero-order chi connectivity index (χ0) is 21.2. The van der Waals surface area contributed by atoms with Gasteiger partial charge in [0.1, 0.15) is 0 Å². The van der Waals surface area contributed by atoms with E-state index in [1.807, 2.05) is 0 Å². The van der Waals surface area contributed by atoms with Gasteiger partial charge in [0.15, 0.2) is 0 Å². The molecule has 3 heterocycles. The van der Waals surface area contributed by atoms with E-state index in [-0.39, 0.29) is 0 Å². The van der Waals surface area contributed by atoms with Crippen molar-refractivity contribution in [2.75, 3.05) is 23.0 Å². The summed E-state index contributed by atoms with van der Waals surface area (Å²) in [4.78, 5) is 5.05. The van der Waals surface area contributed by atoms with E-state index in [2.05, 4.69) is 106 Å². The number of fused-ring (bicyclic) bond motifs is 7. The topological polar surface area (TPSA) is 10.9 Å². The van der Waals surface area contributed by atoms with Crippen LogP contribution in [0, 0.1) is 0 Å². The number of rotatable bonds is 4. The van der Waals surface area contributed by atoms with Crippen molar-refractivity contribution in [2.45, 2.75) is 19.8 Å². The van der Waals surface area contributed by atoms with Crippen LogP contribution in [-0.2, 0) is 0 Å². The molecular formula is C29H25N3. The van der Waals surface area contributed by atoms with Gasteiger partial charge < -0.3 is 14.2 Å². The van der Waals surface area contributed by atoms with Crippen molar-refractivity contribution in [3.05, 3.63) is 84.9 Å². The van der Waals surface area contributed by atoms with Crippen molar-refractivity contribution in [2.24, 2.45) is 0 Å². The molecule has 1 aliphatic heterocycles. The highest BCUT2D eigenvalue weighted by molar-refractivity contribution is 6.27. The fraction of sp³-hybridized carbons (Fsp3) is 0.172. The maximum absolute atomic E-state index is 2.53. The van der Waals surface area contributed by atoms with E-state index < -0.39 is 0 Å². The fourth-order valence-corrected chi connectivity index (χ4v) is 5.70. The lowest BCUT2D eigenvalue weighted by Crippen LogP contribution is -2.28. The Labute approximate surface area is 187 Å². The second-order valence-corrected chi connectivity index (χ2v) is 8.90. The number of hydrogen-bond acceptors (Lipinski definition) is 2. The Bertz CT molecular complexity index is 1610. The number of para-hydroxylation sites is 4.